The first-order valence-corrected chi connectivity index (χ1v) is 5.34. The molecule has 2 nitrogen and oxygen atoms in total. The molecule has 0 bridgehead atoms. The fraction of sp³-hybridized carbons (Fsp3) is 0.0714. The highest BCUT2D eigenvalue weighted by atomic mass is 14.8. The Bertz CT molecular complexity index is 638. The second-order valence-electron chi connectivity index (χ2n) is 3.97. The van der Waals surface area contributed by atoms with Gasteiger partial charge in [0.05, 0.1) is 0 Å². The number of H-pyrrole nitrogens is 1. The molecule has 3 rings (SSSR count). The molecule has 2 heteroatoms. The number of pyridine rings is 1. The van der Waals surface area contributed by atoms with Crippen molar-refractivity contribution >= 4 is 11.0 Å². The molecular formula is C14H12N2. The third kappa shape index (κ3) is 1.39. The number of nitrogens with zero attached hydrogens (tertiary/aromatic N) is 1. The quantitative estimate of drug-likeness (QED) is 0.651. The Balaban J connectivity index is 2.29. The van der Waals surface area contributed by atoms with Gasteiger partial charge in [-0.25, -0.2) is 4.98 Å². The van der Waals surface area contributed by atoms with Gasteiger partial charge in [0.15, 0.2) is 0 Å². The zero-order valence-electron chi connectivity index (χ0n) is 9.07. The Morgan fingerprint density at radius 1 is 1.12 bits per heavy atom. The van der Waals surface area contributed by atoms with Gasteiger partial charge in [0.1, 0.15) is 5.65 Å². The molecule has 0 unspecified atom stereocenters. The summed E-state index contributed by atoms with van der Waals surface area (Å²) in [4.78, 5) is 7.43. The summed E-state index contributed by atoms with van der Waals surface area (Å²) in [5.41, 5.74) is 4.69. The maximum absolute atomic E-state index is 4.29. The Morgan fingerprint density at radius 3 is 2.94 bits per heavy atom. The van der Waals surface area contributed by atoms with Crippen LogP contribution in [0.5, 0.6) is 0 Å². The molecule has 0 aliphatic carbocycles. The molecule has 0 aliphatic rings. The lowest BCUT2D eigenvalue weighted by atomic mass is 10.0. The van der Waals surface area contributed by atoms with Gasteiger partial charge in [0.2, 0.25) is 0 Å². The molecule has 1 N–H and O–H groups in total. The topological polar surface area (TPSA) is 28.7 Å². The van der Waals surface area contributed by atoms with E-state index in [4.69, 9.17) is 0 Å². The molecule has 0 radical (unpaired) electrons. The molecule has 2 heterocycles. The number of hydrogen-bond donors (Lipinski definition) is 1. The molecule has 0 spiro atoms. The first-order chi connectivity index (χ1) is 7.84. The molecule has 0 saturated heterocycles. The fourth-order valence-corrected chi connectivity index (χ4v) is 2.03. The normalized spacial score (nSPS) is 10.8. The maximum atomic E-state index is 4.29. The molecule has 0 amide bonds. The van der Waals surface area contributed by atoms with Gasteiger partial charge in [0.25, 0.3) is 0 Å². The van der Waals surface area contributed by atoms with E-state index in [2.05, 4.69) is 53.3 Å². The molecule has 0 atom stereocenters. The number of aryl methyl sites for hydroxylation is 1. The molecule has 0 aliphatic heterocycles. The molecule has 78 valence electrons. The zero-order chi connectivity index (χ0) is 11.0. The van der Waals surface area contributed by atoms with Gasteiger partial charge in [0, 0.05) is 17.8 Å². The number of aromatic nitrogens is 2. The number of aromatic amines is 1. The van der Waals surface area contributed by atoms with Crippen LogP contribution in [0.3, 0.4) is 0 Å². The Labute approximate surface area is 94.0 Å². The van der Waals surface area contributed by atoms with E-state index in [0.717, 1.165) is 5.65 Å². The Hall–Kier alpha value is -2.09. The van der Waals surface area contributed by atoms with Gasteiger partial charge in [-0.2, -0.15) is 0 Å². The Kier molecular flexibility index (Phi) is 2.00. The first kappa shape index (κ1) is 9.16. The predicted octanol–water partition coefficient (Wildman–Crippen LogP) is 3.54. The Morgan fingerprint density at radius 2 is 2.06 bits per heavy atom. The highest BCUT2D eigenvalue weighted by molar-refractivity contribution is 5.92. The van der Waals surface area contributed by atoms with Crippen LogP contribution >= 0.6 is 0 Å². The van der Waals surface area contributed by atoms with E-state index in [1.165, 1.54) is 22.1 Å². The lowest BCUT2D eigenvalue weighted by molar-refractivity contribution is 1.32. The summed E-state index contributed by atoms with van der Waals surface area (Å²) in [6.07, 6.45) is 3.77. The van der Waals surface area contributed by atoms with Crippen molar-refractivity contribution in [3.8, 4) is 11.1 Å². The third-order valence-corrected chi connectivity index (χ3v) is 2.79. The van der Waals surface area contributed by atoms with E-state index in [1.807, 2.05) is 12.4 Å². The van der Waals surface area contributed by atoms with E-state index in [9.17, 15) is 0 Å². The van der Waals surface area contributed by atoms with Crippen molar-refractivity contribution in [3.63, 3.8) is 0 Å². The zero-order valence-corrected chi connectivity index (χ0v) is 9.07. The van der Waals surface area contributed by atoms with Crippen LogP contribution in [-0.4, -0.2) is 9.97 Å². The standard InChI is InChI=1S/C14H12N2/c1-10-3-2-4-11(9-10)12-5-7-15-14-13(12)6-8-16-14/h2-9H,1H3,(H,15,16). The lowest BCUT2D eigenvalue weighted by Crippen LogP contribution is -1.82. The van der Waals surface area contributed by atoms with E-state index >= 15 is 0 Å². The van der Waals surface area contributed by atoms with E-state index < -0.39 is 0 Å². The largest absolute Gasteiger partial charge is 0.346 e. The summed E-state index contributed by atoms with van der Waals surface area (Å²) < 4.78 is 0. The van der Waals surface area contributed by atoms with Crippen LogP contribution in [0.1, 0.15) is 5.56 Å². The summed E-state index contributed by atoms with van der Waals surface area (Å²) in [6.45, 7) is 2.11. The average Bonchev–Trinajstić information content (AvgIpc) is 2.76. The van der Waals surface area contributed by atoms with Crippen molar-refractivity contribution in [1.82, 2.24) is 9.97 Å². The molecule has 3 aromatic rings. The van der Waals surface area contributed by atoms with E-state index in [1.54, 1.807) is 0 Å². The molecular weight excluding hydrogens is 196 g/mol. The predicted molar refractivity (Wildman–Crippen MR) is 66.3 cm³/mol. The minimum Gasteiger partial charge on any atom is -0.346 e. The molecule has 0 fully saturated rings. The smallest absolute Gasteiger partial charge is 0.137 e. The SMILES string of the molecule is Cc1cccc(-c2ccnc3[nH]ccc23)c1. The first-order valence-electron chi connectivity index (χ1n) is 5.34. The van der Waals surface area contributed by atoms with Crippen LogP contribution in [0.15, 0.2) is 48.8 Å². The lowest BCUT2D eigenvalue weighted by Gasteiger charge is -2.04. The summed E-state index contributed by atoms with van der Waals surface area (Å²) in [5.74, 6) is 0. The van der Waals surface area contributed by atoms with E-state index in [-0.39, 0.29) is 0 Å². The van der Waals surface area contributed by atoms with Gasteiger partial charge >= 0.3 is 0 Å². The summed E-state index contributed by atoms with van der Waals surface area (Å²) >= 11 is 0. The fourth-order valence-electron chi connectivity index (χ4n) is 2.03. The minimum atomic E-state index is 0.944. The highest BCUT2D eigenvalue weighted by Gasteiger charge is 2.04. The molecule has 2 aromatic heterocycles. The number of nitrogens with one attached hydrogen (secondary N) is 1. The van der Waals surface area contributed by atoms with Gasteiger partial charge in [-0.1, -0.05) is 29.8 Å². The van der Waals surface area contributed by atoms with Crippen molar-refractivity contribution in [3.05, 3.63) is 54.4 Å². The number of benzene rings is 1. The van der Waals surface area contributed by atoms with Crippen LogP contribution in [0.25, 0.3) is 22.2 Å². The number of hydrogen-bond acceptors (Lipinski definition) is 1. The minimum absolute atomic E-state index is 0.944. The average molecular weight is 208 g/mol. The van der Waals surface area contributed by atoms with Crippen LogP contribution < -0.4 is 0 Å². The maximum Gasteiger partial charge on any atom is 0.137 e. The van der Waals surface area contributed by atoms with Crippen molar-refractivity contribution < 1.29 is 0 Å². The van der Waals surface area contributed by atoms with Crippen molar-refractivity contribution in [2.24, 2.45) is 0 Å². The second kappa shape index (κ2) is 3.49. The molecule has 16 heavy (non-hydrogen) atoms. The van der Waals surface area contributed by atoms with Crippen LogP contribution in [0, 0.1) is 6.92 Å². The summed E-state index contributed by atoms with van der Waals surface area (Å²) in [5, 5.41) is 1.17. The highest BCUT2D eigenvalue weighted by Crippen LogP contribution is 2.27. The second-order valence-corrected chi connectivity index (χ2v) is 3.97. The van der Waals surface area contributed by atoms with Gasteiger partial charge in [-0.15, -0.1) is 0 Å². The van der Waals surface area contributed by atoms with E-state index in [0.29, 0.717) is 0 Å². The van der Waals surface area contributed by atoms with Gasteiger partial charge in [-0.05, 0) is 30.2 Å². The molecule has 1 aromatic carbocycles. The van der Waals surface area contributed by atoms with Crippen molar-refractivity contribution in [2.75, 3.05) is 0 Å². The molecule has 0 saturated carbocycles. The number of fused-ring (bicyclic) bond motifs is 1. The van der Waals surface area contributed by atoms with Gasteiger partial charge < -0.3 is 4.98 Å². The van der Waals surface area contributed by atoms with Crippen molar-refractivity contribution in [2.45, 2.75) is 6.92 Å². The van der Waals surface area contributed by atoms with Crippen molar-refractivity contribution in [1.29, 1.82) is 0 Å². The van der Waals surface area contributed by atoms with Gasteiger partial charge in [-0.3, -0.25) is 0 Å². The number of rotatable bonds is 1. The van der Waals surface area contributed by atoms with Crippen LogP contribution in [0.2, 0.25) is 0 Å². The monoisotopic (exact) mass is 208 g/mol. The van der Waals surface area contributed by atoms with Crippen LogP contribution in [0.4, 0.5) is 0 Å². The summed E-state index contributed by atoms with van der Waals surface area (Å²) in [6, 6.07) is 12.7. The summed E-state index contributed by atoms with van der Waals surface area (Å²) in [7, 11) is 0. The van der Waals surface area contributed by atoms with Crippen LogP contribution in [-0.2, 0) is 0 Å². The third-order valence-electron chi connectivity index (χ3n) is 2.79.